The molecule has 0 rings (SSSR count). The number of esters is 1. The second-order valence-electron chi connectivity index (χ2n) is 4.92. The van der Waals surface area contributed by atoms with E-state index in [1.807, 2.05) is 0 Å². The fourth-order valence-corrected chi connectivity index (χ4v) is 0.829. The van der Waals surface area contributed by atoms with Crippen molar-refractivity contribution in [1.29, 1.82) is 0 Å². The molecule has 4 heteroatoms. The van der Waals surface area contributed by atoms with Gasteiger partial charge < -0.3 is 10.1 Å². The molecule has 88 valence electrons. The minimum absolute atomic E-state index is 0.130. The Morgan fingerprint density at radius 3 is 1.93 bits per heavy atom. The Bertz CT molecular complexity index is 241. The Kier molecular flexibility index (Phi) is 4.78. The highest BCUT2D eigenvalue weighted by Crippen LogP contribution is 2.08. The van der Waals surface area contributed by atoms with Crippen LogP contribution in [0.25, 0.3) is 0 Å². The third kappa shape index (κ3) is 6.10. The second-order valence-corrected chi connectivity index (χ2v) is 4.92. The lowest BCUT2D eigenvalue weighted by Crippen LogP contribution is -2.43. The standard InChI is InChI=1S/C11H21NO3/c1-7(2)9(13)12-8(3)10(14)15-11(4,5)6/h7-8H,1-6H3,(H,12,13)/t8-/m1/s1. The van der Waals surface area contributed by atoms with Gasteiger partial charge in [0.05, 0.1) is 0 Å². The molecule has 0 heterocycles. The first kappa shape index (κ1) is 13.9. The van der Waals surface area contributed by atoms with Crippen molar-refractivity contribution in [1.82, 2.24) is 5.32 Å². The van der Waals surface area contributed by atoms with Gasteiger partial charge in [0.2, 0.25) is 5.91 Å². The van der Waals surface area contributed by atoms with E-state index in [4.69, 9.17) is 4.74 Å². The lowest BCUT2D eigenvalue weighted by atomic mass is 10.1. The van der Waals surface area contributed by atoms with Crippen molar-refractivity contribution in [2.24, 2.45) is 5.92 Å². The van der Waals surface area contributed by atoms with Crippen LogP contribution in [-0.2, 0) is 14.3 Å². The van der Waals surface area contributed by atoms with Gasteiger partial charge in [-0.1, -0.05) is 13.8 Å². The molecule has 15 heavy (non-hydrogen) atoms. The van der Waals surface area contributed by atoms with Gasteiger partial charge in [-0.15, -0.1) is 0 Å². The maximum atomic E-state index is 11.5. The molecule has 1 atom stereocenters. The van der Waals surface area contributed by atoms with Crippen LogP contribution in [-0.4, -0.2) is 23.5 Å². The van der Waals surface area contributed by atoms with Gasteiger partial charge in [0.1, 0.15) is 11.6 Å². The van der Waals surface area contributed by atoms with Crippen molar-refractivity contribution < 1.29 is 14.3 Å². The number of rotatable bonds is 3. The van der Waals surface area contributed by atoms with Crippen LogP contribution in [0.2, 0.25) is 0 Å². The second kappa shape index (κ2) is 5.14. The van der Waals surface area contributed by atoms with Gasteiger partial charge in [-0.2, -0.15) is 0 Å². The molecule has 0 radical (unpaired) electrons. The minimum atomic E-state index is -0.598. The molecule has 1 N–H and O–H groups in total. The molecule has 0 spiro atoms. The average molecular weight is 215 g/mol. The first-order chi connectivity index (χ1) is 6.63. The molecular weight excluding hydrogens is 194 g/mol. The number of nitrogens with one attached hydrogen (secondary N) is 1. The van der Waals surface area contributed by atoms with Gasteiger partial charge >= 0.3 is 5.97 Å². The van der Waals surface area contributed by atoms with Crippen LogP contribution in [0.4, 0.5) is 0 Å². The minimum Gasteiger partial charge on any atom is -0.458 e. The third-order valence-corrected chi connectivity index (χ3v) is 1.64. The third-order valence-electron chi connectivity index (χ3n) is 1.64. The lowest BCUT2D eigenvalue weighted by molar-refractivity contribution is -0.158. The smallest absolute Gasteiger partial charge is 0.328 e. The van der Waals surface area contributed by atoms with E-state index in [9.17, 15) is 9.59 Å². The fourth-order valence-electron chi connectivity index (χ4n) is 0.829. The fraction of sp³-hybridized carbons (Fsp3) is 0.818. The molecule has 0 saturated heterocycles. The highest BCUT2D eigenvalue weighted by Gasteiger charge is 2.23. The van der Waals surface area contributed by atoms with Crippen LogP contribution in [0.1, 0.15) is 41.5 Å². The number of hydrogen-bond acceptors (Lipinski definition) is 3. The van der Waals surface area contributed by atoms with Gasteiger partial charge in [-0.3, -0.25) is 4.79 Å². The van der Waals surface area contributed by atoms with E-state index in [2.05, 4.69) is 5.32 Å². The summed E-state index contributed by atoms with van der Waals surface area (Å²) in [5, 5.41) is 2.59. The summed E-state index contributed by atoms with van der Waals surface area (Å²) in [6.07, 6.45) is 0. The monoisotopic (exact) mass is 215 g/mol. The Hall–Kier alpha value is -1.06. The van der Waals surface area contributed by atoms with Gasteiger partial charge in [0.25, 0.3) is 0 Å². The van der Waals surface area contributed by atoms with Crippen LogP contribution in [0.3, 0.4) is 0 Å². The lowest BCUT2D eigenvalue weighted by Gasteiger charge is -2.23. The van der Waals surface area contributed by atoms with Crippen molar-refractivity contribution in [3.63, 3.8) is 0 Å². The highest BCUT2D eigenvalue weighted by molar-refractivity contribution is 5.85. The van der Waals surface area contributed by atoms with E-state index in [0.29, 0.717) is 0 Å². The van der Waals surface area contributed by atoms with Crippen LogP contribution in [0, 0.1) is 5.92 Å². The van der Waals surface area contributed by atoms with E-state index in [0.717, 1.165) is 0 Å². The predicted molar refractivity (Wildman–Crippen MR) is 58.3 cm³/mol. The van der Waals surface area contributed by atoms with Crippen molar-refractivity contribution >= 4 is 11.9 Å². The molecule has 0 fully saturated rings. The topological polar surface area (TPSA) is 55.4 Å². The Morgan fingerprint density at radius 1 is 1.13 bits per heavy atom. The molecule has 0 saturated carbocycles. The zero-order valence-corrected chi connectivity index (χ0v) is 10.4. The Balaban J connectivity index is 4.17. The van der Waals surface area contributed by atoms with Gasteiger partial charge in [0, 0.05) is 5.92 Å². The summed E-state index contributed by atoms with van der Waals surface area (Å²) in [7, 11) is 0. The maximum absolute atomic E-state index is 11.5. The molecule has 4 nitrogen and oxygen atoms in total. The highest BCUT2D eigenvalue weighted by atomic mass is 16.6. The van der Waals surface area contributed by atoms with Gasteiger partial charge in [-0.25, -0.2) is 4.79 Å². The van der Waals surface area contributed by atoms with Crippen molar-refractivity contribution in [3.8, 4) is 0 Å². The SMILES string of the molecule is CC(C)C(=O)N[C@H](C)C(=O)OC(C)(C)C. The van der Waals surface area contributed by atoms with Crippen LogP contribution < -0.4 is 5.32 Å². The summed E-state index contributed by atoms with van der Waals surface area (Å²) in [6, 6.07) is -0.598. The summed E-state index contributed by atoms with van der Waals surface area (Å²) in [5.74, 6) is -0.681. The summed E-state index contributed by atoms with van der Waals surface area (Å²) in [6.45, 7) is 10.5. The molecule has 0 aliphatic carbocycles. The Morgan fingerprint density at radius 2 is 1.60 bits per heavy atom. The zero-order valence-electron chi connectivity index (χ0n) is 10.4. The summed E-state index contributed by atoms with van der Waals surface area (Å²) in [4.78, 5) is 22.8. The molecule has 0 unspecified atom stereocenters. The van der Waals surface area contributed by atoms with Gasteiger partial charge in [-0.05, 0) is 27.7 Å². The van der Waals surface area contributed by atoms with Crippen molar-refractivity contribution in [2.45, 2.75) is 53.2 Å². The molecule has 0 aromatic rings. The number of amides is 1. The number of carbonyl (C=O) groups excluding carboxylic acids is 2. The first-order valence-electron chi connectivity index (χ1n) is 5.16. The van der Waals surface area contributed by atoms with E-state index in [-0.39, 0.29) is 11.8 Å². The Labute approximate surface area is 91.4 Å². The van der Waals surface area contributed by atoms with Crippen LogP contribution >= 0.6 is 0 Å². The van der Waals surface area contributed by atoms with Crippen LogP contribution in [0.15, 0.2) is 0 Å². The van der Waals surface area contributed by atoms with Crippen molar-refractivity contribution in [2.75, 3.05) is 0 Å². The first-order valence-corrected chi connectivity index (χ1v) is 5.16. The van der Waals surface area contributed by atoms with E-state index >= 15 is 0 Å². The maximum Gasteiger partial charge on any atom is 0.328 e. The quantitative estimate of drug-likeness (QED) is 0.726. The molecule has 0 bridgehead atoms. The summed E-state index contributed by atoms with van der Waals surface area (Å²) >= 11 is 0. The average Bonchev–Trinajstić information content (AvgIpc) is 2.00. The summed E-state index contributed by atoms with van der Waals surface area (Å²) < 4.78 is 5.13. The van der Waals surface area contributed by atoms with Crippen LogP contribution in [0.5, 0.6) is 0 Å². The number of ether oxygens (including phenoxy) is 1. The summed E-state index contributed by atoms with van der Waals surface area (Å²) in [5.41, 5.74) is -0.520. The molecule has 0 aliphatic heterocycles. The largest absolute Gasteiger partial charge is 0.458 e. The number of hydrogen-bond donors (Lipinski definition) is 1. The number of carbonyl (C=O) groups is 2. The van der Waals surface area contributed by atoms with E-state index in [1.54, 1.807) is 41.5 Å². The zero-order chi connectivity index (χ0) is 12.2. The molecular formula is C11H21NO3. The molecule has 0 aliphatic rings. The van der Waals surface area contributed by atoms with E-state index < -0.39 is 17.6 Å². The van der Waals surface area contributed by atoms with Crippen molar-refractivity contribution in [3.05, 3.63) is 0 Å². The normalized spacial score (nSPS) is 13.5. The van der Waals surface area contributed by atoms with E-state index in [1.165, 1.54) is 0 Å². The molecule has 1 amide bonds. The van der Waals surface area contributed by atoms with Gasteiger partial charge in [0.15, 0.2) is 0 Å². The molecule has 0 aromatic heterocycles. The predicted octanol–water partition coefficient (Wildman–Crippen LogP) is 1.49. The molecule has 0 aromatic carbocycles.